The molecule has 1 atom stereocenters. The number of rotatable bonds is 11. The van der Waals surface area contributed by atoms with Gasteiger partial charge in [0.05, 0.1) is 24.8 Å². The Morgan fingerprint density at radius 3 is 2.66 bits per heavy atom. The Hall–Kier alpha value is -2.08. The molecule has 32 heavy (non-hydrogen) atoms. The fourth-order valence-corrected chi connectivity index (χ4v) is 4.65. The van der Waals surface area contributed by atoms with Crippen LogP contribution in [0.3, 0.4) is 0 Å². The third-order valence-corrected chi connectivity index (χ3v) is 6.54. The van der Waals surface area contributed by atoms with Crippen molar-refractivity contribution in [3.63, 3.8) is 0 Å². The average Bonchev–Trinajstić information content (AvgIpc) is 3.17. The summed E-state index contributed by atoms with van der Waals surface area (Å²) in [7, 11) is 0. The maximum atomic E-state index is 14.0. The topological polar surface area (TPSA) is 103 Å². The predicted octanol–water partition coefficient (Wildman–Crippen LogP) is 4.41. The predicted molar refractivity (Wildman–Crippen MR) is 125 cm³/mol. The normalized spacial score (nSPS) is 12.8. The molecule has 0 bridgehead atoms. The maximum absolute atomic E-state index is 14.0. The van der Waals surface area contributed by atoms with Gasteiger partial charge in [-0.15, -0.1) is 0 Å². The van der Waals surface area contributed by atoms with E-state index >= 15 is 0 Å². The molecule has 2 heterocycles. The average molecular weight is 484 g/mol. The van der Waals surface area contributed by atoms with Crippen LogP contribution in [-0.2, 0) is 5.75 Å². The molecule has 0 fully saturated rings. The highest BCUT2D eigenvalue weighted by molar-refractivity contribution is 7.98. The molecule has 0 saturated heterocycles. The van der Waals surface area contributed by atoms with Crippen LogP contribution in [-0.4, -0.2) is 50.0 Å². The second kappa shape index (κ2) is 10.7. The van der Waals surface area contributed by atoms with Gasteiger partial charge >= 0.3 is 0 Å². The Balaban J connectivity index is 1.93. The van der Waals surface area contributed by atoms with Gasteiger partial charge in [-0.25, -0.2) is 18.7 Å². The molecule has 0 spiro atoms. The number of nitrogens with one attached hydrogen (secondary N) is 2. The van der Waals surface area contributed by atoms with Crippen LogP contribution in [0.2, 0.25) is 0 Å². The third-order valence-electron chi connectivity index (χ3n) is 4.66. The summed E-state index contributed by atoms with van der Waals surface area (Å²) in [6, 6.07) is 3.93. The molecule has 11 heteroatoms. The Morgan fingerprint density at radius 2 is 1.97 bits per heavy atom. The minimum Gasteiger partial charge on any atom is -0.394 e. The number of anilines is 2. The van der Waals surface area contributed by atoms with Crippen molar-refractivity contribution in [1.29, 1.82) is 0 Å². The monoisotopic (exact) mass is 483 g/mol. The van der Waals surface area contributed by atoms with E-state index in [9.17, 15) is 19.0 Å². The lowest BCUT2D eigenvalue weighted by Crippen LogP contribution is -2.35. The SMILES string of the molecule is CCCC(CO)Nc1nc2nc(SCc3cccc(F)c3F)nc(NC(C)(C)CO)c2s1. The van der Waals surface area contributed by atoms with Gasteiger partial charge in [0.15, 0.2) is 33.4 Å². The molecule has 0 amide bonds. The molecule has 2 aromatic heterocycles. The van der Waals surface area contributed by atoms with Crippen LogP contribution in [0.1, 0.15) is 39.2 Å². The van der Waals surface area contributed by atoms with E-state index in [0.717, 1.165) is 18.9 Å². The number of aliphatic hydroxyl groups excluding tert-OH is 2. The van der Waals surface area contributed by atoms with Crippen LogP contribution in [0.15, 0.2) is 23.4 Å². The Labute approximate surface area is 193 Å². The number of aliphatic hydroxyl groups is 2. The summed E-state index contributed by atoms with van der Waals surface area (Å²) in [6.07, 6.45) is 1.71. The van der Waals surface area contributed by atoms with Crippen molar-refractivity contribution in [2.45, 2.75) is 56.1 Å². The summed E-state index contributed by atoms with van der Waals surface area (Å²) in [6.45, 7) is 5.57. The zero-order valence-electron chi connectivity index (χ0n) is 18.2. The van der Waals surface area contributed by atoms with Crippen molar-refractivity contribution in [2.24, 2.45) is 0 Å². The zero-order valence-corrected chi connectivity index (χ0v) is 19.8. The molecule has 7 nitrogen and oxygen atoms in total. The number of hydrogen-bond acceptors (Lipinski definition) is 9. The Bertz CT molecular complexity index is 1060. The maximum Gasteiger partial charge on any atom is 0.191 e. The zero-order chi connectivity index (χ0) is 23.3. The van der Waals surface area contributed by atoms with Crippen molar-refractivity contribution >= 4 is 44.4 Å². The first-order valence-electron chi connectivity index (χ1n) is 10.3. The van der Waals surface area contributed by atoms with Gasteiger partial charge in [0.25, 0.3) is 0 Å². The van der Waals surface area contributed by atoms with Gasteiger partial charge in [0.1, 0.15) is 4.70 Å². The van der Waals surface area contributed by atoms with E-state index in [-0.39, 0.29) is 30.6 Å². The van der Waals surface area contributed by atoms with Gasteiger partial charge in [-0.1, -0.05) is 48.6 Å². The van der Waals surface area contributed by atoms with E-state index in [1.54, 1.807) is 0 Å². The molecular formula is C21H27F2N5O2S2. The van der Waals surface area contributed by atoms with Crippen LogP contribution in [0.25, 0.3) is 10.3 Å². The standard InChI is InChI=1S/C21H27F2N5O2S2/c1-4-6-13(9-29)24-20-26-17-16(32-20)18(28-21(2,3)11-30)27-19(25-17)31-10-12-7-5-8-14(22)15(12)23/h5,7-8,13,29-30H,4,6,9-11H2,1-3H3,(H2,24,25,26,27,28). The second-order valence-electron chi connectivity index (χ2n) is 8.01. The number of hydrogen-bond donors (Lipinski definition) is 4. The lowest BCUT2D eigenvalue weighted by atomic mass is 10.1. The van der Waals surface area contributed by atoms with Gasteiger partial charge in [0, 0.05) is 11.3 Å². The lowest BCUT2D eigenvalue weighted by Gasteiger charge is -2.24. The molecule has 1 unspecified atom stereocenters. The van der Waals surface area contributed by atoms with E-state index in [0.29, 0.717) is 26.5 Å². The van der Waals surface area contributed by atoms with E-state index in [2.05, 4.69) is 25.6 Å². The minimum absolute atomic E-state index is 0.0155. The van der Waals surface area contributed by atoms with Crippen molar-refractivity contribution in [3.8, 4) is 0 Å². The number of nitrogens with zero attached hydrogens (tertiary/aromatic N) is 3. The van der Waals surface area contributed by atoms with Crippen LogP contribution in [0.5, 0.6) is 0 Å². The first kappa shape index (κ1) is 24.6. The van der Waals surface area contributed by atoms with Gasteiger partial charge in [-0.3, -0.25) is 0 Å². The smallest absolute Gasteiger partial charge is 0.191 e. The fraction of sp³-hybridized carbons (Fsp3) is 0.476. The number of aromatic nitrogens is 3. The number of halogens is 2. The molecule has 3 rings (SSSR count). The highest BCUT2D eigenvalue weighted by Crippen LogP contribution is 2.34. The number of thioether (sulfide) groups is 1. The quantitative estimate of drug-likeness (QED) is 0.235. The van der Waals surface area contributed by atoms with Crippen molar-refractivity contribution in [1.82, 2.24) is 15.0 Å². The molecule has 3 aromatic rings. The van der Waals surface area contributed by atoms with E-state index < -0.39 is 17.2 Å². The van der Waals surface area contributed by atoms with E-state index in [1.165, 1.54) is 35.2 Å². The Morgan fingerprint density at radius 1 is 1.19 bits per heavy atom. The largest absolute Gasteiger partial charge is 0.394 e. The molecule has 0 aliphatic rings. The molecule has 0 radical (unpaired) electrons. The second-order valence-corrected chi connectivity index (χ2v) is 9.95. The summed E-state index contributed by atoms with van der Waals surface area (Å²) < 4.78 is 28.2. The molecule has 1 aromatic carbocycles. The van der Waals surface area contributed by atoms with Gasteiger partial charge < -0.3 is 20.8 Å². The highest BCUT2D eigenvalue weighted by atomic mass is 32.2. The lowest BCUT2D eigenvalue weighted by molar-refractivity contribution is 0.234. The van der Waals surface area contributed by atoms with Crippen LogP contribution < -0.4 is 10.6 Å². The molecule has 0 aliphatic heterocycles. The van der Waals surface area contributed by atoms with Crippen LogP contribution in [0.4, 0.5) is 19.7 Å². The van der Waals surface area contributed by atoms with Gasteiger partial charge in [0.2, 0.25) is 0 Å². The van der Waals surface area contributed by atoms with E-state index in [4.69, 9.17) is 0 Å². The van der Waals surface area contributed by atoms with E-state index in [1.807, 2.05) is 20.8 Å². The van der Waals surface area contributed by atoms with Crippen molar-refractivity contribution in [2.75, 3.05) is 23.8 Å². The first-order chi connectivity index (χ1) is 15.3. The number of benzene rings is 1. The summed E-state index contributed by atoms with van der Waals surface area (Å²) in [5.41, 5.74) is 0.0136. The molecule has 174 valence electrons. The minimum atomic E-state index is -0.896. The summed E-state index contributed by atoms with van der Waals surface area (Å²) in [5, 5.41) is 26.7. The van der Waals surface area contributed by atoms with Crippen LogP contribution >= 0.6 is 23.1 Å². The van der Waals surface area contributed by atoms with Crippen LogP contribution in [0, 0.1) is 11.6 Å². The summed E-state index contributed by atoms with van der Waals surface area (Å²) in [5.74, 6) is -1.13. The first-order valence-corrected chi connectivity index (χ1v) is 12.1. The summed E-state index contributed by atoms with van der Waals surface area (Å²) in [4.78, 5) is 13.6. The molecular weight excluding hydrogens is 456 g/mol. The summed E-state index contributed by atoms with van der Waals surface area (Å²) >= 11 is 2.52. The molecule has 4 N–H and O–H groups in total. The Kier molecular flexibility index (Phi) is 8.21. The van der Waals surface area contributed by atoms with Crippen molar-refractivity contribution in [3.05, 3.63) is 35.4 Å². The molecule has 0 aliphatic carbocycles. The number of fused-ring (bicyclic) bond motifs is 1. The molecule has 0 saturated carbocycles. The third kappa shape index (κ3) is 6.03. The van der Waals surface area contributed by atoms with Gasteiger partial charge in [-0.05, 0) is 26.3 Å². The van der Waals surface area contributed by atoms with Gasteiger partial charge in [-0.2, -0.15) is 4.98 Å². The number of thiazole rings is 1. The fourth-order valence-electron chi connectivity index (χ4n) is 2.91. The highest BCUT2D eigenvalue weighted by Gasteiger charge is 2.22. The van der Waals surface area contributed by atoms with Crippen molar-refractivity contribution < 1.29 is 19.0 Å².